The van der Waals surface area contributed by atoms with Gasteiger partial charge >= 0.3 is 0 Å². The van der Waals surface area contributed by atoms with Crippen LogP contribution >= 0.6 is 11.3 Å². The summed E-state index contributed by atoms with van der Waals surface area (Å²) in [5, 5.41) is 29.3. The van der Waals surface area contributed by atoms with Crippen LogP contribution in [0, 0.1) is 17.2 Å². The summed E-state index contributed by atoms with van der Waals surface area (Å²) in [5.41, 5.74) is 2.41. The van der Waals surface area contributed by atoms with E-state index in [0.717, 1.165) is 18.4 Å². The summed E-state index contributed by atoms with van der Waals surface area (Å²) >= 11 is 1.24. The van der Waals surface area contributed by atoms with Crippen molar-refractivity contribution in [3.63, 3.8) is 0 Å². The quantitative estimate of drug-likeness (QED) is 0.328. The first kappa shape index (κ1) is 22.3. The molecule has 0 unspecified atom stereocenters. The molecule has 5 rings (SSSR count). The Morgan fingerprint density at radius 1 is 1.26 bits per heavy atom. The maximum absolute atomic E-state index is 12.9. The minimum atomic E-state index is -2.77. The first-order valence-electron chi connectivity index (χ1n) is 13.5. The molecule has 3 aromatic rings. The van der Waals surface area contributed by atoms with Crippen LogP contribution in [0.15, 0.2) is 23.6 Å². The second-order valence-electron chi connectivity index (χ2n) is 8.80. The standard InChI is InChI=1S/C26H25N7O5S/c1-28-25(36)21-17(11-18(32-33-21)30-24(35)14-3-4-14)29-16-6-5-13-8-10-38-22-15(20(13)23(16)37-2)12-39-26(22)31-19(34)7-9-27/h5-6,11-12,14H,3-4,7-8,10H2,1-2H3,(H,28,36)(H,31,34)(H2,29,30,32,35)/i1D3. The number of rotatable bonds is 8. The van der Waals surface area contributed by atoms with Crippen molar-refractivity contribution in [3.8, 4) is 28.7 Å². The van der Waals surface area contributed by atoms with Crippen molar-refractivity contribution < 1.29 is 28.0 Å². The molecule has 4 N–H and O–H groups in total. The number of amides is 3. The lowest BCUT2D eigenvalue weighted by Crippen LogP contribution is -2.22. The van der Waals surface area contributed by atoms with Gasteiger partial charge in [0.1, 0.15) is 11.4 Å². The third-order valence-electron chi connectivity index (χ3n) is 6.16. The van der Waals surface area contributed by atoms with E-state index in [9.17, 15) is 14.4 Å². The van der Waals surface area contributed by atoms with Crippen LogP contribution in [0.2, 0.25) is 0 Å². The summed E-state index contributed by atoms with van der Waals surface area (Å²) in [6.07, 6.45) is 1.76. The van der Waals surface area contributed by atoms with Crippen LogP contribution in [0.1, 0.15) is 39.4 Å². The fourth-order valence-electron chi connectivity index (χ4n) is 4.19. The molecule has 2 aromatic heterocycles. The molecule has 1 aliphatic carbocycles. The number of aromatic nitrogens is 2. The Labute approximate surface area is 231 Å². The van der Waals surface area contributed by atoms with Gasteiger partial charge in [0, 0.05) is 46.0 Å². The largest absolute Gasteiger partial charge is 0.494 e. The SMILES string of the molecule is [2H]C([2H])([2H])NC(=O)c1nnc(NC(=O)C2CC2)cc1Nc1ccc2c(c1OC)-c1csc(NC(=O)CC#N)c1OCC2. The Hall–Kier alpha value is -4.70. The average Bonchev–Trinajstić information content (AvgIpc) is 3.73. The van der Waals surface area contributed by atoms with Crippen molar-refractivity contribution in [1.29, 1.82) is 5.26 Å². The molecular weight excluding hydrogens is 522 g/mol. The normalized spacial score (nSPS) is 14.9. The van der Waals surface area contributed by atoms with E-state index >= 15 is 0 Å². The van der Waals surface area contributed by atoms with Crippen LogP contribution in [0.5, 0.6) is 11.5 Å². The summed E-state index contributed by atoms with van der Waals surface area (Å²) in [6.45, 7) is -2.45. The molecule has 0 bridgehead atoms. The number of anilines is 4. The number of nitriles is 1. The zero-order chi connectivity index (χ0) is 30.0. The molecule has 200 valence electrons. The Morgan fingerprint density at radius 2 is 2.10 bits per heavy atom. The van der Waals surface area contributed by atoms with Gasteiger partial charge in [0.05, 0.1) is 31.2 Å². The predicted octanol–water partition coefficient (Wildman–Crippen LogP) is 3.45. The molecule has 1 saturated carbocycles. The lowest BCUT2D eigenvalue weighted by molar-refractivity contribution is -0.117. The van der Waals surface area contributed by atoms with Crippen molar-refractivity contribution in [2.45, 2.75) is 25.7 Å². The van der Waals surface area contributed by atoms with E-state index in [4.69, 9.17) is 18.8 Å². The second kappa shape index (κ2) is 11.0. The highest BCUT2D eigenvalue weighted by Gasteiger charge is 2.30. The first-order valence-corrected chi connectivity index (χ1v) is 12.9. The topological polar surface area (TPSA) is 167 Å². The van der Waals surface area contributed by atoms with Gasteiger partial charge in [-0.25, -0.2) is 0 Å². The van der Waals surface area contributed by atoms with Crippen LogP contribution in [0.4, 0.5) is 22.2 Å². The number of fused-ring (bicyclic) bond motifs is 3. The van der Waals surface area contributed by atoms with Crippen molar-refractivity contribution in [2.24, 2.45) is 5.92 Å². The fraction of sp³-hybridized carbons (Fsp3) is 0.308. The Balaban J connectivity index is 1.55. The molecule has 2 aliphatic rings. The van der Waals surface area contributed by atoms with Crippen molar-refractivity contribution in [1.82, 2.24) is 15.5 Å². The second-order valence-corrected chi connectivity index (χ2v) is 9.68. The molecule has 3 amide bonds. The lowest BCUT2D eigenvalue weighted by atomic mass is 9.97. The van der Waals surface area contributed by atoms with Crippen molar-refractivity contribution in [2.75, 3.05) is 36.6 Å². The summed E-state index contributed by atoms with van der Waals surface area (Å²) in [4.78, 5) is 37.3. The number of carbonyl (C=O) groups is 3. The van der Waals surface area contributed by atoms with E-state index in [1.165, 1.54) is 24.5 Å². The highest BCUT2D eigenvalue weighted by Crippen LogP contribution is 2.50. The van der Waals surface area contributed by atoms with Gasteiger partial charge in [0.15, 0.2) is 23.0 Å². The van der Waals surface area contributed by atoms with E-state index in [-0.39, 0.29) is 35.4 Å². The molecule has 39 heavy (non-hydrogen) atoms. The molecule has 0 saturated heterocycles. The predicted molar refractivity (Wildman–Crippen MR) is 144 cm³/mol. The van der Waals surface area contributed by atoms with Gasteiger partial charge in [-0.2, -0.15) is 5.26 Å². The molecule has 3 heterocycles. The van der Waals surface area contributed by atoms with E-state index in [1.54, 1.807) is 6.07 Å². The summed E-state index contributed by atoms with van der Waals surface area (Å²) in [6, 6.07) is 6.81. The van der Waals surface area contributed by atoms with Crippen LogP contribution < -0.4 is 30.7 Å². The number of ether oxygens (including phenoxy) is 2. The summed E-state index contributed by atoms with van der Waals surface area (Å²) in [5.74, 6) is -0.883. The number of thiophene rings is 1. The van der Waals surface area contributed by atoms with Gasteiger partial charge in [-0.1, -0.05) is 6.07 Å². The van der Waals surface area contributed by atoms with Gasteiger partial charge < -0.3 is 30.7 Å². The summed E-state index contributed by atoms with van der Waals surface area (Å²) in [7, 11) is 1.47. The molecule has 13 heteroatoms. The first-order chi connectivity index (χ1) is 20.1. The molecule has 1 fully saturated rings. The third-order valence-corrected chi connectivity index (χ3v) is 7.04. The maximum Gasteiger partial charge on any atom is 0.273 e. The minimum Gasteiger partial charge on any atom is -0.494 e. The number of hydrogen-bond acceptors (Lipinski definition) is 10. The van der Waals surface area contributed by atoms with E-state index in [1.807, 2.05) is 22.8 Å². The smallest absolute Gasteiger partial charge is 0.273 e. The van der Waals surface area contributed by atoms with Gasteiger partial charge in [0.2, 0.25) is 11.8 Å². The number of nitrogens with one attached hydrogen (secondary N) is 4. The van der Waals surface area contributed by atoms with Crippen LogP contribution in [-0.4, -0.2) is 48.6 Å². The molecule has 1 aromatic carbocycles. The lowest BCUT2D eigenvalue weighted by Gasteiger charge is -2.18. The van der Waals surface area contributed by atoms with Crippen LogP contribution in [0.25, 0.3) is 11.1 Å². The van der Waals surface area contributed by atoms with Gasteiger partial charge in [0.25, 0.3) is 5.91 Å². The maximum atomic E-state index is 12.9. The monoisotopic (exact) mass is 550 g/mol. The van der Waals surface area contributed by atoms with Gasteiger partial charge in [-0.15, -0.1) is 21.5 Å². The molecule has 1 aliphatic heterocycles. The minimum absolute atomic E-state index is 0.0796. The number of benzene rings is 1. The number of hydrogen-bond donors (Lipinski definition) is 4. The van der Waals surface area contributed by atoms with Gasteiger partial charge in [-0.05, 0) is 24.5 Å². The number of methoxy groups -OCH3 is 1. The van der Waals surface area contributed by atoms with E-state index < -0.39 is 18.8 Å². The number of nitrogens with zero attached hydrogens (tertiary/aromatic N) is 3. The highest BCUT2D eigenvalue weighted by molar-refractivity contribution is 7.15. The highest BCUT2D eigenvalue weighted by atomic mass is 32.1. The molecule has 0 atom stereocenters. The third kappa shape index (κ3) is 5.32. The van der Waals surface area contributed by atoms with Crippen molar-refractivity contribution >= 4 is 51.3 Å². The van der Waals surface area contributed by atoms with Crippen LogP contribution in [0.3, 0.4) is 0 Å². The average molecular weight is 551 g/mol. The van der Waals surface area contributed by atoms with Crippen LogP contribution in [-0.2, 0) is 16.0 Å². The van der Waals surface area contributed by atoms with E-state index in [0.29, 0.717) is 46.3 Å². The zero-order valence-electron chi connectivity index (χ0n) is 23.7. The Kier molecular flexibility index (Phi) is 6.27. The molecular formula is C26H25N7O5S. The summed E-state index contributed by atoms with van der Waals surface area (Å²) < 4.78 is 34.1. The Morgan fingerprint density at radius 3 is 2.85 bits per heavy atom. The molecule has 0 spiro atoms. The Bertz CT molecular complexity index is 1610. The van der Waals surface area contributed by atoms with E-state index in [2.05, 4.69) is 26.1 Å². The molecule has 12 nitrogen and oxygen atoms in total. The van der Waals surface area contributed by atoms with Crippen molar-refractivity contribution in [3.05, 3.63) is 34.8 Å². The number of carbonyl (C=O) groups excluding carboxylic acids is 3. The zero-order valence-corrected chi connectivity index (χ0v) is 21.5. The molecule has 0 radical (unpaired) electrons. The fourth-order valence-corrected chi connectivity index (χ4v) is 5.10. The van der Waals surface area contributed by atoms with Gasteiger partial charge in [-0.3, -0.25) is 14.4 Å².